The van der Waals surface area contributed by atoms with Gasteiger partial charge in [-0.05, 0) is 26.2 Å². The Morgan fingerprint density at radius 3 is 2.80 bits per heavy atom. The lowest BCUT2D eigenvalue weighted by Gasteiger charge is -2.25. The number of hydrogen-bond donors (Lipinski definition) is 1. The predicted molar refractivity (Wildman–Crippen MR) is 59.4 cm³/mol. The largest absolute Gasteiger partial charge is 0.339 e. The van der Waals surface area contributed by atoms with Crippen molar-refractivity contribution >= 4 is 5.91 Å². The van der Waals surface area contributed by atoms with Crippen molar-refractivity contribution in [1.82, 2.24) is 9.80 Å². The van der Waals surface area contributed by atoms with Crippen molar-refractivity contribution in [2.24, 2.45) is 5.73 Å². The van der Waals surface area contributed by atoms with Crippen molar-refractivity contribution in [2.75, 3.05) is 26.2 Å². The molecule has 1 saturated heterocycles. The molecule has 1 unspecified atom stereocenters. The van der Waals surface area contributed by atoms with E-state index in [4.69, 9.17) is 5.73 Å². The molecule has 0 radical (unpaired) electrons. The van der Waals surface area contributed by atoms with E-state index in [-0.39, 0.29) is 0 Å². The van der Waals surface area contributed by atoms with Crippen LogP contribution in [0.3, 0.4) is 0 Å². The van der Waals surface area contributed by atoms with Crippen LogP contribution in [0.2, 0.25) is 0 Å². The van der Waals surface area contributed by atoms with Gasteiger partial charge in [-0.2, -0.15) is 0 Å². The van der Waals surface area contributed by atoms with Crippen LogP contribution in [0.5, 0.6) is 0 Å². The van der Waals surface area contributed by atoms with Gasteiger partial charge in [-0.3, -0.25) is 9.69 Å². The van der Waals surface area contributed by atoms with Gasteiger partial charge in [-0.1, -0.05) is 0 Å². The Morgan fingerprint density at radius 1 is 1.47 bits per heavy atom. The fourth-order valence-corrected chi connectivity index (χ4v) is 2.21. The lowest BCUT2D eigenvalue weighted by atomic mass is 10.2. The van der Waals surface area contributed by atoms with E-state index in [0.29, 0.717) is 31.1 Å². The maximum atomic E-state index is 12.0. The second-order valence-electron chi connectivity index (χ2n) is 4.73. The first-order chi connectivity index (χ1) is 7.22. The summed E-state index contributed by atoms with van der Waals surface area (Å²) in [5.74, 6) is 0.301. The molecule has 0 aromatic carbocycles. The van der Waals surface area contributed by atoms with Crippen molar-refractivity contribution in [1.29, 1.82) is 0 Å². The monoisotopic (exact) mass is 211 g/mol. The molecule has 1 heterocycles. The average Bonchev–Trinajstić information content (AvgIpc) is 3.03. The minimum absolute atomic E-state index is 0.301. The summed E-state index contributed by atoms with van der Waals surface area (Å²) in [6.07, 6.45) is 3.50. The van der Waals surface area contributed by atoms with Crippen LogP contribution in [-0.2, 0) is 4.79 Å². The number of hydrogen-bond acceptors (Lipinski definition) is 3. The van der Waals surface area contributed by atoms with Gasteiger partial charge in [-0.25, -0.2) is 0 Å². The summed E-state index contributed by atoms with van der Waals surface area (Å²) in [6.45, 7) is 5.25. The third-order valence-electron chi connectivity index (χ3n) is 3.46. The van der Waals surface area contributed by atoms with E-state index < -0.39 is 0 Å². The minimum Gasteiger partial charge on any atom is -0.339 e. The lowest BCUT2D eigenvalue weighted by molar-refractivity contribution is -0.132. The first-order valence-corrected chi connectivity index (χ1v) is 5.96. The van der Waals surface area contributed by atoms with Gasteiger partial charge in [0.25, 0.3) is 0 Å². The number of amides is 1. The molecule has 2 rings (SSSR count). The zero-order valence-corrected chi connectivity index (χ0v) is 9.48. The van der Waals surface area contributed by atoms with Gasteiger partial charge in [-0.15, -0.1) is 0 Å². The lowest BCUT2D eigenvalue weighted by Crippen LogP contribution is -2.43. The van der Waals surface area contributed by atoms with Gasteiger partial charge in [0.1, 0.15) is 0 Å². The average molecular weight is 211 g/mol. The molecule has 86 valence electrons. The van der Waals surface area contributed by atoms with Crippen molar-refractivity contribution in [3.05, 3.63) is 0 Å². The van der Waals surface area contributed by atoms with E-state index in [2.05, 4.69) is 16.7 Å². The molecule has 1 atom stereocenters. The Kier molecular flexibility index (Phi) is 3.26. The van der Waals surface area contributed by atoms with E-state index in [1.807, 2.05) is 0 Å². The summed E-state index contributed by atoms with van der Waals surface area (Å²) in [7, 11) is 0. The standard InChI is InChI=1S/C11H21N3O/c1-9(7-12)13-5-2-6-14(10-3-4-10)11(15)8-13/h9-10H,2-8,12H2,1H3. The molecule has 1 aliphatic heterocycles. The Morgan fingerprint density at radius 2 is 2.20 bits per heavy atom. The molecule has 1 aliphatic carbocycles. The van der Waals surface area contributed by atoms with Gasteiger partial charge in [0, 0.05) is 31.7 Å². The zero-order chi connectivity index (χ0) is 10.8. The minimum atomic E-state index is 0.301. The maximum absolute atomic E-state index is 12.0. The van der Waals surface area contributed by atoms with Crippen LogP contribution in [0.15, 0.2) is 0 Å². The van der Waals surface area contributed by atoms with E-state index in [1.54, 1.807) is 0 Å². The molecule has 4 nitrogen and oxygen atoms in total. The highest BCUT2D eigenvalue weighted by Crippen LogP contribution is 2.28. The van der Waals surface area contributed by atoms with Crippen LogP contribution < -0.4 is 5.73 Å². The first kappa shape index (κ1) is 10.9. The first-order valence-electron chi connectivity index (χ1n) is 5.96. The van der Waals surface area contributed by atoms with Crippen molar-refractivity contribution in [2.45, 2.75) is 38.3 Å². The smallest absolute Gasteiger partial charge is 0.237 e. The van der Waals surface area contributed by atoms with Crippen LogP contribution >= 0.6 is 0 Å². The summed E-state index contributed by atoms with van der Waals surface area (Å²) < 4.78 is 0. The van der Waals surface area contributed by atoms with E-state index in [9.17, 15) is 4.79 Å². The number of nitrogens with two attached hydrogens (primary N) is 1. The quantitative estimate of drug-likeness (QED) is 0.716. The predicted octanol–water partition coefficient (Wildman–Crippen LogP) is 0.0303. The summed E-state index contributed by atoms with van der Waals surface area (Å²) in [5.41, 5.74) is 5.64. The third-order valence-corrected chi connectivity index (χ3v) is 3.46. The normalized spacial score (nSPS) is 26.5. The molecule has 1 saturated carbocycles. The van der Waals surface area contributed by atoms with Gasteiger partial charge >= 0.3 is 0 Å². The van der Waals surface area contributed by atoms with Gasteiger partial charge in [0.05, 0.1) is 6.54 Å². The summed E-state index contributed by atoms with van der Waals surface area (Å²) >= 11 is 0. The Bertz CT molecular complexity index is 240. The van der Waals surface area contributed by atoms with Gasteiger partial charge in [0.2, 0.25) is 5.91 Å². The van der Waals surface area contributed by atoms with Crippen LogP contribution in [0.4, 0.5) is 0 Å². The Balaban J connectivity index is 1.94. The second-order valence-corrected chi connectivity index (χ2v) is 4.73. The zero-order valence-electron chi connectivity index (χ0n) is 9.48. The van der Waals surface area contributed by atoms with Crippen molar-refractivity contribution in [3.63, 3.8) is 0 Å². The molecule has 0 aromatic rings. The van der Waals surface area contributed by atoms with Crippen LogP contribution in [0.1, 0.15) is 26.2 Å². The fraction of sp³-hybridized carbons (Fsp3) is 0.909. The Labute approximate surface area is 91.4 Å². The molecule has 2 N–H and O–H groups in total. The van der Waals surface area contributed by atoms with Gasteiger partial charge in [0.15, 0.2) is 0 Å². The fourth-order valence-electron chi connectivity index (χ4n) is 2.21. The molecule has 0 spiro atoms. The number of rotatable bonds is 3. The topological polar surface area (TPSA) is 49.6 Å². The van der Waals surface area contributed by atoms with Crippen LogP contribution in [0, 0.1) is 0 Å². The summed E-state index contributed by atoms with van der Waals surface area (Å²) in [4.78, 5) is 16.3. The molecule has 2 aliphatic rings. The summed E-state index contributed by atoms with van der Waals surface area (Å²) in [5, 5.41) is 0. The van der Waals surface area contributed by atoms with E-state index in [0.717, 1.165) is 19.5 Å². The van der Waals surface area contributed by atoms with Crippen LogP contribution in [-0.4, -0.2) is 54.0 Å². The summed E-state index contributed by atoms with van der Waals surface area (Å²) in [6, 6.07) is 0.888. The number of carbonyl (C=O) groups is 1. The highest BCUT2D eigenvalue weighted by Gasteiger charge is 2.34. The molecular formula is C11H21N3O. The third kappa shape index (κ3) is 2.49. The SMILES string of the molecule is CC(CN)N1CCCN(C2CC2)C(=O)C1. The molecule has 0 aromatic heterocycles. The molecular weight excluding hydrogens is 190 g/mol. The van der Waals surface area contributed by atoms with Crippen molar-refractivity contribution < 1.29 is 4.79 Å². The molecule has 0 bridgehead atoms. The number of nitrogens with zero attached hydrogens (tertiary/aromatic N) is 2. The van der Waals surface area contributed by atoms with E-state index in [1.165, 1.54) is 12.8 Å². The second kappa shape index (κ2) is 4.49. The van der Waals surface area contributed by atoms with E-state index >= 15 is 0 Å². The Hall–Kier alpha value is -0.610. The van der Waals surface area contributed by atoms with Gasteiger partial charge < -0.3 is 10.6 Å². The highest BCUT2D eigenvalue weighted by molar-refractivity contribution is 5.79. The molecule has 2 fully saturated rings. The number of carbonyl (C=O) groups excluding carboxylic acids is 1. The molecule has 1 amide bonds. The molecule has 4 heteroatoms. The van der Waals surface area contributed by atoms with Crippen molar-refractivity contribution in [3.8, 4) is 0 Å². The van der Waals surface area contributed by atoms with Crippen LogP contribution in [0.25, 0.3) is 0 Å². The maximum Gasteiger partial charge on any atom is 0.237 e. The molecule has 15 heavy (non-hydrogen) atoms. The highest BCUT2D eigenvalue weighted by atomic mass is 16.2.